The van der Waals surface area contributed by atoms with Crippen LogP contribution in [0.1, 0.15) is 32.1 Å². The van der Waals surface area contributed by atoms with Crippen LogP contribution in [-0.2, 0) is 4.79 Å². The van der Waals surface area contributed by atoms with Crippen molar-refractivity contribution in [1.29, 1.82) is 0 Å². The molecule has 0 aliphatic rings. The van der Waals surface area contributed by atoms with Crippen LogP contribution < -0.4 is 10.1 Å². The molecule has 2 aromatic carbocycles. The molecule has 0 bridgehead atoms. The number of carbonyl (C=O) groups is 1. The van der Waals surface area contributed by atoms with Gasteiger partial charge in [0.25, 0.3) is 5.91 Å². The number of nitrogens with zero attached hydrogens (tertiary/aromatic N) is 2. The van der Waals surface area contributed by atoms with Crippen LogP contribution in [0.25, 0.3) is 11.0 Å². The summed E-state index contributed by atoms with van der Waals surface area (Å²) in [6.45, 7) is 0.796. The first kappa shape index (κ1) is 20.1. The number of alkyl halides is 2. The molecule has 28 heavy (non-hydrogen) atoms. The number of aromatic nitrogens is 2. The average Bonchev–Trinajstić information content (AvgIpc) is 3.07. The maximum atomic E-state index is 13.6. The van der Waals surface area contributed by atoms with E-state index in [9.17, 15) is 13.6 Å². The molecular weight excluding hydrogens is 388 g/mol. The molecule has 0 aliphatic heterocycles. The Bertz CT molecular complexity index is 960. The van der Waals surface area contributed by atoms with Crippen molar-refractivity contribution in [3.8, 4) is 5.75 Å². The number of hydrogen-bond donors (Lipinski definition) is 1. The quantitative estimate of drug-likeness (QED) is 0.613. The van der Waals surface area contributed by atoms with Crippen molar-refractivity contribution < 1.29 is 18.3 Å². The van der Waals surface area contributed by atoms with E-state index in [-0.39, 0.29) is 18.3 Å². The molecule has 2 atom stereocenters. The van der Waals surface area contributed by atoms with Crippen molar-refractivity contribution >= 4 is 28.5 Å². The van der Waals surface area contributed by atoms with Crippen LogP contribution in [-0.4, -0.2) is 28.1 Å². The molecule has 3 aromatic rings. The van der Waals surface area contributed by atoms with E-state index >= 15 is 0 Å². The third kappa shape index (κ3) is 4.42. The topological polar surface area (TPSA) is 56.1 Å². The molecule has 1 amide bonds. The van der Waals surface area contributed by atoms with E-state index in [1.807, 2.05) is 0 Å². The lowest BCUT2D eigenvalue weighted by atomic mass is 10.1. The van der Waals surface area contributed by atoms with Crippen LogP contribution in [0.3, 0.4) is 0 Å². The first-order valence-corrected chi connectivity index (χ1v) is 9.19. The second-order valence-electron chi connectivity index (χ2n) is 6.47. The molecule has 0 spiro atoms. The number of hydrogen-bond acceptors (Lipinski definition) is 3. The van der Waals surface area contributed by atoms with E-state index in [1.54, 1.807) is 62.4 Å². The van der Waals surface area contributed by atoms with Gasteiger partial charge in [-0.15, -0.1) is 0 Å². The van der Waals surface area contributed by atoms with Crippen LogP contribution in [0.4, 0.5) is 8.78 Å². The van der Waals surface area contributed by atoms with Crippen molar-refractivity contribution in [1.82, 2.24) is 14.9 Å². The van der Waals surface area contributed by atoms with Crippen LogP contribution >= 0.6 is 11.6 Å². The number of ether oxygens (including phenoxy) is 1. The molecule has 3 rings (SSSR count). The Balaban J connectivity index is 1.65. The van der Waals surface area contributed by atoms with Crippen LogP contribution in [0.15, 0.2) is 48.5 Å². The highest BCUT2D eigenvalue weighted by molar-refractivity contribution is 6.30. The van der Waals surface area contributed by atoms with Gasteiger partial charge in [0, 0.05) is 17.5 Å². The van der Waals surface area contributed by atoms with Gasteiger partial charge in [-0.05, 0) is 43.3 Å². The molecule has 8 heteroatoms. The van der Waals surface area contributed by atoms with E-state index in [2.05, 4.69) is 10.3 Å². The Hall–Kier alpha value is -2.67. The van der Waals surface area contributed by atoms with Crippen molar-refractivity contribution in [3.63, 3.8) is 0 Å². The minimum absolute atomic E-state index is 0.156. The van der Waals surface area contributed by atoms with E-state index in [4.69, 9.17) is 16.3 Å². The fraction of sp³-hybridized carbons (Fsp3) is 0.300. The molecule has 1 heterocycles. The molecule has 0 aliphatic carbocycles. The van der Waals surface area contributed by atoms with Gasteiger partial charge in [-0.25, -0.2) is 4.98 Å². The highest BCUT2D eigenvalue weighted by atomic mass is 35.5. The van der Waals surface area contributed by atoms with Crippen LogP contribution in [0.2, 0.25) is 5.02 Å². The van der Waals surface area contributed by atoms with Crippen molar-refractivity contribution in [2.24, 2.45) is 0 Å². The maximum absolute atomic E-state index is 13.6. The maximum Gasteiger partial charge on any atom is 0.320 e. The van der Waals surface area contributed by atoms with E-state index in [0.717, 1.165) is 4.57 Å². The highest BCUT2D eigenvalue weighted by Gasteiger charge is 2.23. The van der Waals surface area contributed by atoms with Gasteiger partial charge in [-0.3, -0.25) is 9.36 Å². The molecule has 0 radical (unpaired) electrons. The monoisotopic (exact) mass is 407 g/mol. The fourth-order valence-corrected chi connectivity index (χ4v) is 3.00. The predicted octanol–water partition coefficient (Wildman–Crippen LogP) is 4.77. The normalized spacial score (nSPS) is 13.5. The fourth-order valence-electron chi connectivity index (χ4n) is 2.88. The Labute approximate surface area is 166 Å². The van der Waals surface area contributed by atoms with Gasteiger partial charge >= 0.3 is 6.55 Å². The summed E-state index contributed by atoms with van der Waals surface area (Å²) in [7, 11) is 0. The van der Waals surface area contributed by atoms with Crippen molar-refractivity contribution in [2.45, 2.75) is 32.4 Å². The van der Waals surface area contributed by atoms with E-state index in [1.165, 1.54) is 0 Å². The van der Waals surface area contributed by atoms with Crippen LogP contribution in [0.5, 0.6) is 5.75 Å². The molecule has 1 aromatic heterocycles. The lowest BCUT2D eigenvalue weighted by molar-refractivity contribution is -0.127. The third-order valence-electron chi connectivity index (χ3n) is 4.34. The van der Waals surface area contributed by atoms with Gasteiger partial charge < -0.3 is 10.1 Å². The zero-order valence-electron chi connectivity index (χ0n) is 15.4. The van der Waals surface area contributed by atoms with E-state index in [0.29, 0.717) is 21.8 Å². The first-order chi connectivity index (χ1) is 13.4. The SMILES string of the molecule is C[C@@H](Oc1ccc(Cl)cc1)C(=O)NC[C@H](C)c1nc2ccccc2n1C(F)F. The summed E-state index contributed by atoms with van der Waals surface area (Å²) in [4.78, 5) is 16.6. The molecule has 148 valence electrons. The zero-order valence-corrected chi connectivity index (χ0v) is 16.2. The summed E-state index contributed by atoms with van der Waals surface area (Å²) in [5, 5.41) is 3.30. The van der Waals surface area contributed by atoms with Gasteiger partial charge in [0.2, 0.25) is 0 Å². The summed E-state index contributed by atoms with van der Waals surface area (Å²) in [6, 6.07) is 13.4. The number of carbonyl (C=O) groups excluding carboxylic acids is 1. The van der Waals surface area contributed by atoms with Crippen molar-refractivity contribution in [3.05, 3.63) is 59.4 Å². The number of imidazole rings is 1. The number of benzene rings is 2. The number of nitrogens with one attached hydrogen (secondary N) is 1. The molecule has 0 unspecified atom stereocenters. The second-order valence-corrected chi connectivity index (χ2v) is 6.90. The summed E-state index contributed by atoms with van der Waals surface area (Å²) < 4.78 is 33.6. The standard InChI is InChI=1S/C20H20ClF2N3O2/c1-12(18-25-16-5-3-4-6-17(16)26(18)20(22)23)11-24-19(27)13(2)28-15-9-7-14(21)8-10-15/h3-10,12-13,20H,11H2,1-2H3,(H,24,27)/t12-,13+/m0/s1. The number of amides is 1. The summed E-state index contributed by atoms with van der Waals surface area (Å²) in [6.07, 6.45) is -0.748. The number of fused-ring (bicyclic) bond motifs is 1. The Morgan fingerprint density at radius 2 is 1.86 bits per heavy atom. The summed E-state index contributed by atoms with van der Waals surface area (Å²) in [5.74, 6) is -0.0167. The van der Waals surface area contributed by atoms with Gasteiger partial charge in [0.1, 0.15) is 11.6 Å². The third-order valence-corrected chi connectivity index (χ3v) is 4.59. The highest BCUT2D eigenvalue weighted by Crippen LogP contribution is 2.27. The Kier molecular flexibility index (Phi) is 6.14. The smallest absolute Gasteiger partial charge is 0.320 e. The second kappa shape index (κ2) is 8.56. The lowest BCUT2D eigenvalue weighted by Crippen LogP contribution is -2.38. The number of para-hydroxylation sites is 2. The number of halogens is 3. The molecule has 0 saturated carbocycles. The van der Waals surface area contributed by atoms with Gasteiger partial charge in [0.05, 0.1) is 11.0 Å². The largest absolute Gasteiger partial charge is 0.481 e. The van der Waals surface area contributed by atoms with Gasteiger partial charge in [0.15, 0.2) is 6.10 Å². The minimum Gasteiger partial charge on any atom is -0.481 e. The summed E-state index contributed by atoms with van der Waals surface area (Å²) in [5.41, 5.74) is 0.862. The number of rotatable bonds is 7. The van der Waals surface area contributed by atoms with E-state index < -0.39 is 18.6 Å². The van der Waals surface area contributed by atoms with Crippen molar-refractivity contribution in [2.75, 3.05) is 6.54 Å². The predicted molar refractivity (Wildman–Crippen MR) is 104 cm³/mol. The Morgan fingerprint density at radius 1 is 1.18 bits per heavy atom. The molecule has 0 saturated heterocycles. The average molecular weight is 408 g/mol. The lowest BCUT2D eigenvalue weighted by Gasteiger charge is -2.18. The molecule has 5 nitrogen and oxygen atoms in total. The summed E-state index contributed by atoms with van der Waals surface area (Å²) >= 11 is 5.82. The first-order valence-electron chi connectivity index (χ1n) is 8.81. The van der Waals surface area contributed by atoms with Gasteiger partial charge in [-0.2, -0.15) is 8.78 Å². The molecular formula is C20H20ClF2N3O2. The Morgan fingerprint density at radius 3 is 2.54 bits per heavy atom. The molecule has 0 fully saturated rings. The minimum atomic E-state index is -2.72. The zero-order chi connectivity index (χ0) is 20.3. The van der Waals surface area contributed by atoms with Crippen LogP contribution in [0, 0.1) is 0 Å². The molecule has 1 N–H and O–H groups in total. The van der Waals surface area contributed by atoms with Gasteiger partial charge in [-0.1, -0.05) is 30.7 Å².